The fourth-order valence-corrected chi connectivity index (χ4v) is 2.31. The molecule has 0 saturated heterocycles. The third-order valence-corrected chi connectivity index (χ3v) is 3.67. The van der Waals surface area contributed by atoms with Crippen LogP contribution >= 0.6 is 23.2 Å². The van der Waals surface area contributed by atoms with Crippen LogP contribution in [0, 0.1) is 5.82 Å². The maximum atomic E-state index is 13.1. The molecule has 2 nitrogen and oxygen atoms in total. The van der Waals surface area contributed by atoms with Crippen molar-refractivity contribution < 1.29 is 9.13 Å². The summed E-state index contributed by atoms with van der Waals surface area (Å²) in [5, 5.41) is 0.835. The summed E-state index contributed by atoms with van der Waals surface area (Å²) in [6, 6.07) is 9.35. The summed E-state index contributed by atoms with van der Waals surface area (Å²) in [6.45, 7) is 2.02. The summed E-state index contributed by atoms with van der Waals surface area (Å²) in [6.07, 6.45) is 1.49. The summed E-state index contributed by atoms with van der Waals surface area (Å²) in [5.74, 6) is 0.611. The van der Waals surface area contributed by atoms with E-state index in [0.29, 0.717) is 22.9 Å². The number of hydrogen-bond acceptors (Lipinski definition) is 2. The van der Waals surface area contributed by atoms with Gasteiger partial charge in [0, 0.05) is 11.1 Å². The Bertz CT molecular complexity index is 634. The zero-order valence-corrected chi connectivity index (χ0v) is 13.1. The minimum Gasteiger partial charge on any atom is -0.456 e. The average Bonchev–Trinajstić information content (AvgIpc) is 2.44. The van der Waals surface area contributed by atoms with Gasteiger partial charge in [-0.25, -0.2) is 4.39 Å². The summed E-state index contributed by atoms with van der Waals surface area (Å²) >= 11 is 12.0. The fourth-order valence-electron chi connectivity index (χ4n) is 1.91. The first-order chi connectivity index (χ1) is 9.99. The van der Waals surface area contributed by atoms with E-state index in [1.54, 1.807) is 12.1 Å². The smallest absolute Gasteiger partial charge is 0.146 e. The molecule has 2 aromatic rings. The Morgan fingerprint density at radius 2 is 1.86 bits per heavy atom. The zero-order chi connectivity index (χ0) is 15.4. The van der Waals surface area contributed by atoms with Gasteiger partial charge in [0.05, 0.1) is 5.02 Å². The summed E-state index contributed by atoms with van der Waals surface area (Å²) in [7, 11) is 0. The third-order valence-electron chi connectivity index (χ3n) is 3.14. The van der Waals surface area contributed by atoms with Gasteiger partial charge in [0.25, 0.3) is 0 Å². The van der Waals surface area contributed by atoms with Crippen molar-refractivity contribution in [2.24, 2.45) is 5.73 Å². The molecule has 21 heavy (non-hydrogen) atoms. The van der Waals surface area contributed by atoms with Gasteiger partial charge in [0.1, 0.15) is 17.3 Å². The molecule has 0 heterocycles. The number of nitrogens with two attached hydrogens (primary N) is 1. The van der Waals surface area contributed by atoms with Crippen LogP contribution in [0.25, 0.3) is 0 Å². The van der Waals surface area contributed by atoms with E-state index in [0.717, 1.165) is 12.0 Å². The molecule has 0 aliphatic carbocycles. The van der Waals surface area contributed by atoms with Crippen LogP contribution < -0.4 is 10.5 Å². The Morgan fingerprint density at radius 3 is 2.52 bits per heavy atom. The monoisotopic (exact) mass is 327 g/mol. The van der Waals surface area contributed by atoms with Crippen LogP contribution in [0.3, 0.4) is 0 Å². The predicted octanol–water partition coefficient (Wildman–Crippen LogP) is 5.20. The van der Waals surface area contributed by atoms with Gasteiger partial charge in [-0.2, -0.15) is 0 Å². The van der Waals surface area contributed by atoms with Crippen LogP contribution in [0.1, 0.15) is 18.9 Å². The van der Waals surface area contributed by atoms with Gasteiger partial charge in [-0.05, 0) is 54.8 Å². The SMILES string of the molecule is CCC(N)Cc1cc(Cl)ccc1Oc1ccc(F)cc1Cl. The van der Waals surface area contributed by atoms with E-state index in [1.807, 2.05) is 13.0 Å². The standard InChI is InChI=1S/C16H16Cl2FNO/c1-2-13(20)8-10-7-11(17)3-5-15(10)21-16-6-4-12(19)9-14(16)18/h3-7,9,13H,2,8,20H2,1H3. The first kappa shape index (κ1) is 16.1. The zero-order valence-electron chi connectivity index (χ0n) is 11.6. The highest BCUT2D eigenvalue weighted by Crippen LogP contribution is 2.33. The molecule has 0 radical (unpaired) electrons. The van der Waals surface area contributed by atoms with Gasteiger partial charge in [-0.1, -0.05) is 30.1 Å². The van der Waals surface area contributed by atoms with E-state index in [1.165, 1.54) is 18.2 Å². The number of ether oxygens (including phenoxy) is 1. The maximum Gasteiger partial charge on any atom is 0.146 e. The van der Waals surface area contributed by atoms with Crippen molar-refractivity contribution in [3.63, 3.8) is 0 Å². The molecule has 2 aromatic carbocycles. The Kier molecular flexibility index (Phi) is 5.45. The molecular weight excluding hydrogens is 312 g/mol. The highest BCUT2D eigenvalue weighted by Gasteiger charge is 2.11. The fraction of sp³-hybridized carbons (Fsp3) is 0.250. The molecule has 0 aliphatic rings. The predicted molar refractivity (Wildman–Crippen MR) is 84.9 cm³/mol. The molecule has 0 fully saturated rings. The lowest BCUT2D eigenvalue weighted by atomic mass is 10.0. The molecule has 1 unspecified atom stereocenters. The Hall–Kier alpha value is -1.29. The number of halogens is 3. The quantitative estimate of drug-likeness (QED) is 0.818. The largest absolute Gasteiger partial charge is 0.456 e. The Balaban J connectivity index is 2.30. The van der Waals surface area contributed by atoms with Crippen molar-refractivity contribution in [2.45, 2.75) is 25.8 Å². The lowest BCUT2D eigenvalue weighted by molar-refractivity contribution is 0.470. The summed E-state index contributed by atoms with van der Waals surface area (Å²) in [5.41, 5.74) is 6.89. The molecule has 0 spiro atoms. The van der Waals surface area contributed by atoms with Crippen LogP contribution in [-0.4, -0.2) is 6.04 Å². The van der Waals surface area contributed by atoms with Crippen LogP contribution in [0.2, 0.25) is 10.0 Å². The molecule has 112 valence electrons. The minimum absolute atomic E-state index is 0.0227. The molecule has 2 rings (SSSR count). The minimum atomic E-state index is -0.406. The molecule has 0 aromatic heterocycles. The van der Waals surface area contributed by atoms with Crippen LogP contribution in [0.15, 0.2) is 36.4 Å². The number of hydrogen-bond donors (Lipinski definition) is 1. The number of benzene rings is 2. The van der Waals surface area contributed by atoms with E-state index in [-0.39, 0.29) is 11.1 Å². The van der Waals surface area contributed by atoms with Crippen LogP contribution in [-0.2, 0) is 6.42 Å². The van der Waals surface area contributed by atoms with Gasteiger partial charge in [0.2, 0.25) is 0 Å². The van der Waals surface area contributed by atoms with E-state index in [2.05, 4.69) is 0 Å². The van der Waals surface area contributed by atoms with Gasteiger partial charge >= 0.3 is 0 Å². The molecule has 5 heteroatoms. The highest BCUT2D eigenvalue weighted by molar-refractivity contribution is 6.32. The first-order valence-electron chi connectivity index (χ1n) is 6.66. The summed E-state index contributed by atoms with van der Waals surface area (Å²) in [4.78, 5) is 0. The molecule has 0 saturated carbocycles. The van der Waals surface area contributed by atoms with Crippen molar-refractivity contribution in [1.82, 2.24) is 0 Å². The average molecular weight is 328 g/mol. The van der Waals surface area contributed by atoms with Crippen molar-refractivity contribution >= 4 is 23.2 Å². The third kappa shape index (κ3) is 4.34. The van der Waals surface area contributed by atoms with E-state index < -0.39 is 5.82 Å². The Labute approximate surface area is 133 Å². The van der Waals surface area contributed by atoms with E-state index >= 15 is 0 Å². The van der Waals surface area contributed by atoms with Crippen molar-refractivity contribution in [3.8, 4) is 11.5 Å². The van der Waals surface area contributed by atoms with E-state index in [9.17, 15) is 4.39 Å². The maximum absolute atomic E-state index is 13.1. The van der Waals surface area contributed by atoms with Gasteiger partial charge in [0.15, 0.2) is 0 Å². The number of rotatable bonds is 5. The second-order valence-electron chi connectivity index (χ2n) is 4.80. The molecule has 2 N–H and O–H groups in total. The van der Waals surface area contributed by atoms with Crippen LogP contribution in [0.4, 0.5) is 4.39 Å². The molecule has 1 atom stereocenters. The molecule has 0 bridgehead atoms. The van der Waals surface area contributed by atoms with Crippen LogP contribution in [0.5, 0.6) is 11.5 Å². The summed E-state index contributed by atoms with van der Waals surface area (Å²) < 4.78 is 18.8. The highest BCUT2D eigenvalue weighted by atomic mass is 35.5. The van der Waals surface area contributed by atoms with Gasteiger partial charge < -0.3 is 10.5 Å². The second-order valence-corrected chi connectivity index (χ2v) is 5.64. The first-order valence-corrected chi connectivity index (χ1v) is 7.42. The molecule has 0 aliphatic heterocycles. The molecule has 0 amide bonds. The normalized spacial score (nSPS) is 12.2. The lowest BCUT2D eigenvalue weighted by Crippen LogP contribution is -2.21. The van der Waals surface area contributed by atoms with Crippen molar-refractivity contribution in [1.29, 1.82) is 0 Å². The topological polar surface area (TPSA) is 35.2 Å². The van der Waals surface area contributed by atoms with Gasteiger partial charge in [-0.15, -0.1) is 0 Å². The Morgan fingerprint density at radius 1 is 1.14 bits per heavy atom. The van der Waals surface area contributed by atoms with Gasteiger partial charge in [-0.3, -0.25) is 0 Å². The second kappa shape index (κ2) is 7.12. The lowest BCUT2D eigenvalue weighted by Gasteiger charge is -2.15. The van der Waals surface area contributed by atoms with Crippen molar-refractivity contribution in [2.75, 3.05) is 0 Å². The van der Waals surface area contributed by atoms with Crippen molar-refractivity contribution in [3.05, 3.63) is 57.8 Å². The molecular formula is C16H16Cl2FNO. The van der Waals surface area contributed by atoms with E-state index in [4.69, 9.17) is 33.7 Å².